The maximum Gasteiger partial charge on any atom is 0.416 e. The molecule has 4 aromatic rings. The predicted octanol–water partition coefficient (Wildman–Crippen LogP) is 17.0. The molecule has 0 aliphatic carbocycles. The van der Waals surface area contributed by atoms with Gasteiger partial charge in [0.05, 0.1) is 22.3 Å². The Labute approximate surface area is 443 Å². The number of aliphatic hydroxyl groups is 1. The highest BCUT2D eigenvalue weighted by molar-refractivity contribution is 5.71. The van der Waals surface area contributed by atoms with E-state index in [-0.39, 0.29) is 59.4 Å². The zero-order valence-corrected chi connectivity index (χ0v) is 45.4. The van der Waals surface area contributed by atoms with E-state index < -0.39 is 53.8 Å². The van der Waals surface area contributed by atoms with E-state index in [1.807, 2.05) is 55.4 Å². The number of aliphatic hydroxyl groups excluding tert-OH is 1. The van der Waals surface area contributed by atoms with Crippen molar-refractivity contribution in [3.8, 4) is 23.0 Å². The van der Waals surface area contributed by atoms with Crippen LogP contribution in [0.1, 0.15) is 119 Å². The summed E-state index contributed by atoms with van der Waals surface area (Å²) in [5.41, 5.74) is -1.26. The molecule has 0 saturated heterocycles. The smallest absolute Gasteiger partial charge is 0.416 e. The van der Waals surface area contributed by atoms with Gasteiger partial charge in [0.25, 0.3) is 0 Å². The molecular formula is C57H70F12O8. The van der Waals surface area contributed by atoms with Crippen LogP contribution in [0, 0.1) is 0 Å². The quantitative estimate of drug-likeness (QED) is 0.0734. The van der Waals surface area contributed by atoms with Gasteiger partial charge in [0.1, 0.15) is 23.0 Å². The molecule has 1 N–H and O–H groups in total. The predicted molar refractivity (Wildman–Crippen MR) is 277 cm³/mol. The fraction of sp³-hybridized carbons (Fsp3) is 0.439. The second kappa shape index (κ2) is 29.7. The Hall–Kier alpha value is -5.96. The van der Waals surface area contributed by atoms with Crippen LogP contribution >= 0.6 is 0 Å². The highest BCUT2D eigenvalue weighted by Gasteiger charge is 2.37. The summed E-state index contributed by atoms with van der Waals surface area (Å²) in [7, 11) is 4.45. The molecule has 8 nitrogen and oxygen atoms in total. The topological polar surface area (TPSA) is 84.8 Å². The largest absolute Gasteiger partial charge is 0.467 e. The normalized spacial score (nSPS) is 12.0. The SMILES string of the molecule is C=C(c1ccc(OCO)c(CC)c1)C(F)(F)F.C=C(c1ccc(OCOC)c(C(C)(C)C)c1)C(F)(F)F.C=C(c1ccc(OCOC)c(C(C)(C)CC)c1)C(F)(F)F.C=C(c1ccc(OCOC)c(C(C)C)c1)C(F)(F)F. The van der Waals surface area contributed by atoms with Gasteiger partial charge in [-0.2, -0.15) is 52.7 Å². The third kappa shape index (κ3) is 21.8. The molecule has 0 saturated carbocycles. The van der Waals surface area contributed by atoms with Crippen molar-refractivity contribution in [3.05, 3.63) is 144 Å². The summed E-state index contributed by atoms with van der Waals surface area (Å²) < 4.78 is 187. The van der Waals surface area contributed by atoms with Gasteiger partial charge in [-0.25, -0.2) is 0 Å². The Morgan fingerprint density at radius 1 is 0.468 bits per heavy atom. The molecule has 0 aliphatic heterocycles. The number of ether oxygens (including phenoxy) is 7. The number of aryl methyl sites for hydroxylation is 1. The fourth-order valence-electron chi connectivity index (χ4n) is 6.59. The lowest BCUT2D eigenvalue weighted by Gasteiger charge is -2.27. The molecule has 0 radical (unpaired) electrons. The summed E-state index contributed by atoms with van der Waals surface area (Å²) >= 11 is 0. The first-order chi connectivity index (χ1) is 35.4. The van der Waals surface area contributed by atoms with E-state index in [4.69, 9.17) is 38.3 Å². The van der Waals surface area contributed by atoms with E-state index in [0.29, 0.717) is 51.7 Å². The molecule has 0 aromatic heterocycles. The molecule has 0 unspecified atom stereocenters. The van der Waals surface area contributed by atoms with E-state index >= 15 is 0 Å². The maximum atomic E-state index is 12.8. The number of rotatable bonds is 19. The van der Waals surface area contributed by atoms with Crippen molar-refractivity contribution in [1.29, 1.82) is 0 Å². The third-order valence-corrected chi connectivity index (χ3v) is 11.4. The minimum Gasteiger partial charge on any atom is -0.467 e. The summed E-state index contributed by atoms with van der Waals surface area (Å²) in [5.74, 6) is 1.98. The number of alkyl halides is 12. The van der Waals surface area contributed by atoms with Gasteiger partial charge >= 0.3 is 24.7 Å². The third-order valence-electron chi connectivity index (χ3n) is 11.4. The Balaban J connectivity index is 0.000000515. The second-order valence-electron chi connectivity index (χ2n) is 18.8. The lowest BCUT2D eigenvalue weighted by atomic mass is 9.80. The van der Waals surface area contributed by atoms with Crippen molar-refractivity contribution >= 4 is 22.3 Å². The summed E-state index contributed by atoms with van der Waals surface area (Å²) in [5, 5.41) is 8.63. The van der Waals surface area contributed by atoms with E-state index in [9.17, 15) is 52.7 Å². The van der Waals surface area contributed by atoms with Crippen molar-refractivity contribution < 1.29 is 90.9 Å². The van der Waals surface area contributed by atoms with Gasteiger partial charge < -0.3 is 38.3 Å². The minimum absolute atomic E-state index is 0.0136. The molecule has 0 aliphatic rings. The van der Waals surface area contributed by atoms with Crippen LogP contribution in [-0.2, 0) is 31.5 Å². The first-order valence-corrected chi connectivity index (χ1v) is 23.6. The first kappa shape index (κ1) is 69.1. The average molecular weight is 1110 g/mol. The molecule has 4 rings (SSSR count). The monoisotopic (exact) mass is 1110 g/mol. The van der Waals surface area contributed by atoms with E-state index in [0.717, 1.165) is 6.42 Å². The van der Waals surface area contributed by atoms with Crippen molar-refractivity contribution in [3.63, 3.8) is 0 Å². The summed E-state index contributed by atoms with van der Waals surface area (Å²) in [6.07, 6.45) is -16.5. The molecule has 4 aromatic carbocycles. The minimum atomic E-state index is -4.44. The number of hydrogen-bond donors (Lipinski definition) is 1. The van der Waals surface area contributed by atoms with Gasteiger partial charge in [0.2, 0.25) is 0 Å². The second-order valence-corrected chi connectivity index (χ2v) is 18.8. The Morgan fingerprint density at radius 3 is 1.12 bits per heavy atom. The first-order valence-electron chi connectivity index (χ1n) is 23.6. The van der Waals surface area contributed by atoms with E-state index in [2.05, 4.69) is 26.3 Å². The van der Waals surface area contributed by atoms with Crippen LogP contribution in [0.5, 0.6) is 23.0 Å². The number of methoxy groups -OCH3 is 3. The molecule has 0 fully saturated rings. The summed E-state index contributed by atoms with van der Waals surface area (Å²) in [6.45, 7) is 29.2. The number of allylic oxidation sites excluding steroid dienone is 4. The van der Waals surface area contributed by atoms with Gasteiger partial charge in [0.15, 0.2) is 27.2 Å². The average Bonchev–Trinajstić information content (AvgIpc) is 3.35. The highest BCUT2D eigenvalue weighted by Crippen LogP contribution is 2.42. The zero-order valence-electron chi connectivity index (χ0n) is 45.4. The number of hydrogen-bond acceptors (Lipinski definition) is 8. The van der Waals surface area contributed by atoms with Crippen molar-refractivity contribution in [2.24, 2.45) is 0 Å². The lowest BCUT2D eigenvalue weighted by Crippen LogP contribution is -2.19. The van der Waals surface area contributed by atoms with Crippen molar-refractivity contribution in [1.82, 2.24) is 0 Å². The van der Waals surface area contributed by atoms with Crippen molar-refractivity contribution in [2.45, 2.75) is 117 Å². The molecule has 77 heavy (non-hydrogen) atoms. The highest BCUT2D eigenvalue weighted by atomic mass is 19.4. The van der Waals surface area contributed by atoms with Crippen LogP contribution in [0.3, 0.4) is 0 Å². The van der Waals surface area contributed by atoms with Crippen LogP contribution in [0.2, 0.25) is 0 Å². The van der Waals surface area contributed by atoms with E-state index in [1.165, 1.54) is 94.1 Å². The number of halogens is 12. The molecule has 430 valence electrons. The molecule has 0 amide bonds. The Kier molecular flexibility index (Phi) is 26.6. The fourth-order valence-corrected chi connectivity index (χ4v) is 6.59. The van der Waals surface area contributed by atoms with Crippen LogP contribution in [0.15, 0.2) is 99.1 Å². The molecule has 0 atom stereocenters. The van der Waals surface area contributed by atoms with Crippen LogP contribution in [0.25, 0.3) is 22.3 Å². The molecular weight excluding hydrogens is 1040 g/mol. The van der Waals surface area contributed by atoms with Gasteiger partial charge in [-0.05, 0) is 112 Å². The van der Waals surface area contributed by atoms with Crippen LogP contribution in [0.4, 0.5) is 52.7 Å². The lowest BCUT2D eigenvalue weighted by molar-refractivity contribution is -0.0695. The van der Waals surface area contributed by atoms with E-state index in [1.54, 1.807) is 6.92 Å². The standard InChI is InChI=1S/C16H21F3O2.C15H19F3O2.C14H17F3O2.C12H13F3O2/c1-6-15(3,4)13-9-12(11(2)16(17,18)19)7-8-14(13)21-10-20-5;1-10(15(16,17)18)11-6-7-13(20-9-19-5)12(8-11)14(2,3)4;1-9(2)12-7-11(10(3)14(15,16)17)5-6-13(12)19-8-18-4;1-3-9-6-10(8(2)12(13,14)15)4-5-11(9)17-7-16/h7-9H,2,6,10H2,1,3-5H3;6-8H,1,9H2,2-5H3;5-7,9H,3,8H2,1-2,4H3;4-6,16H,2-3,7H2,1H3. The van der Waals surface area contributed by atoms with Gasteiger partial charge in [-0.15, -0.1) is 0 Å². The van der Waals surface area contributed by atoms with Crippen LogP contribution < -0.4 is 18.9 Å². The summed E-state index contributed by atoms with van der Waals surface area (Å²) in [4.78, 5) is 0. The molecule has 0 bridgehead atoms. The van der Waals surface area contributed by atoms with Gasteiger partial charge in [0, 0.05) is 32.5 Å². The van der Waals surface area contributed by atoms with Gasteiger partial charge in [-0.3, -0.25) is 0 Å². The van der Waals surface area contributed by atoms with Crippen LogP contribution in [-0.4, -0.2) is 78.3 Å². The van der Waals surface area contributed by atoms with Gasteiger partial charge in [-0.1, -0.05) is 113 Å². The molecule has 0 spiro atoms. The maximum absolute atomic E-state index is 12.8. The Morgan fingerprint density at radius 2 is 0.792 bits per heavy atom. The number of benzene rings is 4. The zero-order chi connectivity index (χ0) is 59.5. The van der Waals surface area contributed by atoms with Crippen molar-refractivity contribution in [2.75, 3.05) is 48.5 Å². The molecule has 0 heterocycles. The molecule has 20 heteroatoms. The Bertz CT molecular complexity index is 2550. The summed E-state index contributed by atoms with van der Waals surface area (Å²) in [6, 6.07) is 17.2.